The van der Waals surface area contributed by atoms with Crippen molar-refractivity contribution in [3.63, 3.8) is 0 Å². The van der Waals surface area contributed by atoms with Gasteiger partial charge in [-0.25, -0.2) is 0 Å². The van der Waals surface area contributed by atoms with E-state index in [-0.39, 0.29) is 11.9 Å². The predicted molar refractivity (Wildman–Crippen MR) is 88.4 cm³/mol. The molecule has 1 aromatic heterocycles. The predicted octanol–water partition coefficient (Wildman–Crippen LogP) is 1.78. The SMILES string of the molecule is Cc1cccc(C(=O)N2CCC[C@@H](C)C2CN)c1-n1nccn1. The molecule has 2 atom stereocenters. The molecule has 1 aliphatic rings. The number of likely N-dealkylation sites (tertiary alicyclic amines) is 1. The number of aryl methyl sites for hydroxylation is 1. The lowest BCUT2D eigenvalue weighted by molar-refractivity contribution is 0.0532. The molecule has 0 radical (unpaired) electrons. The number of para-hydroxylation sites is 1. The Kier molecular flexibility index (Phi) is 4.43. The Labute approximate surface area is 136 Å². The number of piperidine rings is 1. The van der Waals surface area contributed by atoms with Gasteiger partial charge in [0, 0.05) is 19.1 Å². The van der Waals surface area contributed by atoms with Gasteiger partial charge in [0.05, 0.1) is 18.0 Å². The molecule has 3 rings (SSSR count). The van der Waals surface area contributed by atoms with Gasteiger partial charge in [0.2, 0.25) is 0 Å². The van der Waals surface area contributed by atoms with Crippen molar-refractivity contribution < 1.29 is 4.79 Å². The fraction of sp³-hybridized carbons (Fsp3) is 0.471. The fourth-order valence-corrected chi connectivity index (χ4v) is 3.44. The van der Waals surface area contributed by atoms with E-state index in [0.717, 1.165) is 30.6 Å². The summed E-state index contributed by atoms with van der Waals surface area (Å²) in [6.45, 7) is 5.39. The van der Waals surface area contributed by atoms with Crippen molar-refractivity contribution in [2.24, 2.45) is 11.7 Å². The van der Waals surface area contributed by atoms with E-state index in [1.165, 1.54) is 4.80 Å². The summed E-state index contributed by atoms with van der Waals surface area (Å²) in [6, 6.07) is 5.81. The highest BCUT2D eigenvalue weighted by molar-refractivity contribution is 5.98. The van der Waals surface area contributed by atoms with Crippen LogP contribution >= 0.6 is 0 Å². The van der Waals surface area contributed by atoms with E-state index in [9.17, 15) is 4.79 Å². The maximum absolute atomic E-state index is 13.2. The van der Waals surface area contributed by atoms with Crippen LogP contribution in [0.15, 0.2) is 30.6 Å². The topological polar surface area (TPSA) is 77.0 Å². The van der Waals surface area contributed by atoms with Crippen molar-refractivity contribution in [3.8, 4) is 5.69 Å². The van der Waals surface area contributed by atoms with E-state index >= 15 is 0 Å². The van der Waals surface area contributed by atoms with Crippen LogP contribution in [-0.2, 0) is 0 Å². The molecule has 0 saturated carbocycles. The zero-order valence-corrected chi connectivity index (χ0v) is 13.6. The Hall–Kier alpha value is -2.21. The van der Waals surface area contributed by atoms with Crippen LogP contribution in [0.5, 0.6) is 0 Å². The van der Waals surface area contributed by atoms with Crippen LogP contribution in [0, 0.1) is 12.8 Å². The van der Waals surface area contributed by atoms with Crippen LogP contribution in [-0.4, -0.2) is 44.9 Å². The first kappa shape index (κ1) is 15.7. The molecule has 1 aliphatic heterocycles. The second-order valence-electron chi connectivity index (χ2n) is 6.21. The Morgan fingerprint density at radius 2 is 2.09 bits per heavy atom. The maximum Gasteiger partial charge on any atom is 0.256 e. The Morgan fingerprint density at radius 1 is 1.35 bits per heavy atom. The summed E-state index contributed by atoms with van der Waals surface area (Å²) in [7, 11) is 0. The molecule has 2 N–H and O–H groups in total. The van der Waals surface area contributed by atoms with Crippen molar-refractivity contribution >= 4 is 5.91 Å². The van der Waals surface area contributed by atoms with Crippen LogP contribution in [0.2, 0.25) is 0 Å². The molecule has 1 unspecified atom stereocenters. The van der Waals surface area contributed by atoms with Crippen LogP contribution in [0.3, 0.4) is 0 Å². The minimum atomic E-state index is 0.0167. The fourth-order valence-electron chi connectivity index (χ4n) is 3.44. The molecule has 1 aromatic carbocycles. The number of amides is 1. The summed E-state index contributed by atoms with van der Waals surface area (Å²) in [5.74, 6) is 0.441. The van der Waals surface area contributed by atoms with Gasteiger partial charge in [-0.2, -0.15) is 15.0 Å². The number of benzene rings is 1. The van der Waals surface area contributed by atoms with E-state index in [4.69, 9.17) is 5.73 Å². The third kappa shape index (κ3) is 2.86. The lowest BCUT2D eigenvalue weighted by Crippen LogP contribution is -2.51. The quantitative estimate of drug-likeness (QED) is 0.937. The molecule has 2 aromatic rings. The van der Waals surface area contributed by atoms with Gasteiger partial charge in [-0.3, -0.25) is 4.79 Å². The molecule has 1 fully saturated rings. The zero-order chi connectivity index (χ0) is 16.4. The number of aromatic nitrogens is 3. The monoisotopic (exact) mass is 313 g/mol. The van der Waals surface area contributed by atoms with Crippen LogP contribution < -0.4 is 5.73 Å². The smallest absolute Gasteiger partial charge is 0.256 e. The Balaban J connectivity index is 2.01. The number of nitrogens with two attached hydrogens (primary N) is 1. The van der Waals surface area contributed by atoms with Gasteiger partial charge < -0.3 is 10.6 Å². The van der Waals surface area contributed by atoms with E-state index in [0.29, 0.717) is 18.0 Å². The maximum atomic E-state index is 13.2. The van der Waals surface area contributed by atoms with Crippen molar-refractivity contribution in [1.29, 1.82) is 0 Å². The molecule has 2 heterocycles. The molecule has 6 nitrogen and oxygen atoms in total. The summed E-state index contributed by atoms with van der Waals surface area (Å²) in [6.07, 6.45) is 5.37. The Morgan fingerprint density at radius 3 is 2.78 bits per heavy atom. The van der Waals surface area contributed by atoms with Crippen molar-refractivity contribution in [3.05, 3.63) is 41.7 Å². The molecular formula is C17H23N5O. The highest BCUT2D eigenvalue weighted by atomic mass is 16.2. The normalized spacial score (nSPS) is 21.4. The van der Waals surface area contributed by atoms with Crippen molar-refractivity contribution in [1.82, 2.24) is 19.9 Å². The molecule has 23 heavy (non-hydrogen) atoms. The number of carbonyl (C=O) groups excluding carboxylic acids is 1. The lowest BCUT2D eigenvalue weighted by Gasteiger charge is -2.39. The standard InChI is InChI=1S/C17H23N5O/c1-12-6-4-10-21(15(12)11-18)17(23)14-7-3-5-13(2)16(14)22-19-8-9-20-22/h3,5,7-9,12,15H,4,6,10-11,18H2,1-2H3/t12-,15?/m1/s1. The molecule has 1 saturated heterocycles. The summed E-state index contributed by atoms with van der Waals surface area (Å²) in [5, 5.41) is 8.40. The zero-order valence-electron chi connectivity index (χ0n) is 13.6. The first-order chi connectivity index (χ1) is 11.1. The van der Waals surface area contributed by atoms with Gasteiger partial charge in [-0.15, -0.1) is 0 Å². The average Bonchev–Trinajstić information content (AvgIpc) is 3.07. The van der Waals surface area contributed by atoms with Gasteiger partial charge in [0.15, 0.2) is 0 Å². The van der Waals surface area contributed by atoms with E-state index in [1.807, 2.05) is 30.0 Å². The first-order valence-electron chi connectivity index (χ1n) is 8.10. The number of hydrogen-bond acceptors (Lipinski definition) is 4. The largest absolute Gasteiger partial charge is 0.334 e. The highest BCUT2D eigenvalue weighted by Gasteiger charge is 2.32. The second-order valence-corrected chi connectivity index (χ2v) is 6.21. The van der Waals surface area contributed by atoms with Gasteiger partial charge >= 0.3 is 0 Å². The Bertz CT molecular complexity index is 682. The van der Waals surface area contributed by atoms with Gasteiger partial charge in [0.25, 0.3) is 5.91 Å². The third-order valence-corrected chi connectivity index (χ3v) is 4.70. The van der Waals surface area contributed by atoms with Crippen LogP contribution in [0.4, 0.5) is 0 Å². The van der Waals surface area contributed by atoms with E-state index in [2.05, 4.69) is 17.1 Å². The lowest BCUT2D eigenvalue weighted by atomic mass is 9.90. The highest BCUT2D eigenvalue weighted by Crippen LogP contribution is 2.27. The summed E-state index contributed by atoms with van der Waals surface area (Å²) in [4.78, 5) is 16.6. The number of rotatable bonds is 3. The van der Waals surface area contributed by atoms with Gasteiger partial charge in [0.1, 0.15) is 5.69 Å². The molecule has 0 bridgehead atoms. The van der Waals surface area contributed by atoms with E-state index < -0.39 is 0 Å². The minimum absolute atomic E-state index is 0.0167. The molecule has 1 amide bonds. The molecule has 122 valence electrons. The number of hydrogen-bond donors (Lipinski definition) is 1. The van der Waals surface area contributed by atoms with Crippen LogP contribution in [0.1, 0.15) is 35.7 Å². The second kappa shape index (κ2) is 6.50. The van der Waals surface area contributed by atoms with Gasteiger partial charge in [-0.05, 0) is 37.3 Å². The summed E-state index contributed by atoms with van der Waals surface area (Å²) in [5.41, 5.74) is 8.29. The number of carbonyl (C=O) groups is 1. The molecule has 0 aliphatic carbocycles. The average molecular weight is 313 g/mol. The molecule has 0 spiro atoms. The number of nitrogens with zero attached hydrogens (tertiary/aromatic N) is 4. The molecule has 6 heteroatoms. The van der Waals surface area contributed by atoms with Gasteiger partial charge in [-0.1, -0.05) is 19.1 Å². The van der Waals surface area contributed by atoms with Crippen molar-refractivity contribution in [2.75, 3.05) is 13.1 Å². The van der Waals surface area contributed by atoms with Crippen molar-refractivity contribution in [2.45, 2.75) is 32.7 Å². The summed E-state index contributed by atoms with van der Waals surface area (Å²) < 4.78 is 0. The summed E-state index contributed by atoms with van der Waals surface area (Å²) >= 11 is 0. The minimum Gasteiger partial charge on any atom is -0.334 e. The third-order valence-electron chi connectivity index (χ3n) is 4.70. The first-order valence-corrected chi connectivity index (χ1v) is 8.10. The molecular weight excluding hydrogens is 290 g/mol. The van der Waals surface area contributed by atoms with E-state index in [1.54, 1.807) is 12.4 Å². The van der Waals surface area contributed by atoms with Crippen LogP contribution in [0.25, 0.3) is 5.69 Å².